The van der Waals surface area contributed by atoms with E-state index >= 15 is 0 Å². The zero-order valence-corrected chi connectivity index (χ0v) is 16.8. The minimum Gasteiger partial charge on any atom is -0.343 e. The van der Waals surface area contributed by atoms with Crippen molar-refractivity contribution < 1.29 is 9.59 Å². The number of thiazole rings is 1. The Morgan fingerprint density at radius 1 is 1.27 bits per heavy atom. The molecule has 2 heterocycles. The molecule has 26 heavy (non-hydrogen) atoms. The van der Waals surface area contributed by atoms with Gasteiger partial charge >= 0.3 is 6.03 Å². The van der Waals surface area contributed by atoms with Crippen molar-refractivity contribution in [3.05, 3.63) is 10.5 Å². The quantitative estimate of drug-likeness (QED) is 0.801. The van der Waals surface area contributed by atoms with Crippen molar-refractivity contribution in [2.24, 2.45) is 0 Å². The molecule has 0 unspecified atom stereocenters. The Labute approximate surface area is 163 Å². The molecule has 2 aliphatic rings. The van der Waals surface area contributed by atoms with Gasteiger partial charge in [-0.05, 0) is 32.1 Å². The van der Waals surface area contributed by atoms with E-state index in [1.165, 1.54) is 24.2 Å². The lowest BCUT2D eigenvalue weighted by Crippen LogP contribution is -2.53. The highest BCUT2D eigenvalue weighted by Crippen LogP contribution is 2.30. The van der Waals surface area contributed by atoms with Crippen LogP contribution in [0.4, 0.5) is 9.93 Å². The number of hydrogen-bond acceptors (Lipinski definition) is 4. The molecular formula is C18H27ClN4O2S. The molecule has 0 spiro atoms. The van der Waals surface area contributed by atoms with Gasteiger partial charge in [0.25, 0.3) is 0 Å². The average molecular weight is 399 g/mol. The van der Waals surface area contributed by atoms with Crippen molar-refractivity contribution in [2.45, 2.75) is 70.4 Å². The Morgan fingerprint density at radius 2 is 1.92 bits per heavy atom. The summed E-state index contributed by atoms with van der Waals surface area (Å²) in [6, 6.07) is 0.383. The summed E-state index contributed by atoms with van der Waals surface area (Å²) < 4.78 is 0.565. The molecule has 1 N–H and O–H groups in total. The summed E-state index contributed by atoms with van der Waals surface area (Å²) in [5, 5.41) is 3.46. The molecule has 3 amide bonds. The molecule has 0 atom stereocenters. The van der Waals surface area contributed by atoms with Gasteiger partial charge in [0.15, 0.2) is 5.13 Å². The van der Waals surface area contributed by atoms with E-state index in [9.17, 15) is 9.59 Å². The average Bonchev–Trinajstić information content (AvgIpc) is 3.28. The van der Waals surface area contributed by atoms with Crippen LogP contribution in [0, 0.1) is 0 Å². The number of halogens is 1. The van der Waals surface area contributed by atoms with Crippen LogP contribution in [0.5, 0.6) is 0 Å². The Kier molecular flexibility index (Phi) is 6.75. The number of carbonyl (C=O) groups excluding carboxylic acids is 2. The SMILES string of the molecule is CCCC(=O)N1CCC(N(C(=O)Nc2ncc(Cl)s2)C2CCCC2)CC1. The first-order chi connectivity index (χ1) is 12.6. The molecule has 0 radical (unpaired) electrons. The molecule has 1 aliphatic carbocycles. The lowest BCUT2D eigenvalue weighted by molar-refractivity contribution is -0.132. The molecule has 0 aromatic carbocycles. The minimum absolute atomic E-state index is 0.0822. The van der Waals surface area contributed by atoms with Crippen LogP contribution >= 0.6 is 22.9 Å². The van der Waals surface area contributed by atoms with Crippen LogP contribution in [-0.4, -0.2) is 51.9 Å². The topological polar surface area (TPSA) is 65.5 Å². The first kappa shape index (κ1) is 19.4. The van der Waals surface area contributed by atoms with Crippen LogP contribution < -0.4 is 5.32 Å². The van der Waals surface area contributed by atoms with Crippen LogP contribution in [0.15, 0.2) is 6.20 Å². The maximum absolute atomic E-state index is 13.0. The summed E-state index contributed by atoms with van der Waals surface area (Å²) in [6.07, 6.45) is 9.20. The number of aromatic nitrogens is 1. The van der Waals surface area contributed by atoms with Gasteiger partial charge in [-0.3, -0.25) is 10.1 Å². The molecule has 2 fully saturated rings. The number of likely N-dealkylation sites (tertiary alicyclic amines) is 1. The third kappa shape index (κ3) is 4.68. The molecule has 0 bridgehead atoms. The van der Waals surface area contributed by atoms with Gasteiger partial charge in [0.05, 0.1) is 6.20 Å². The number of hydrogen-bond donors (Lipinski definition) is 1. The molecule has 144 valence electrons. The zero-order chi connectivity index (χ0) is 18.5. The maximum Gasteiger partial charge on any atom is 0.324 e. The summed E-state index contributed by atoms with van der Waals surface area (Å²) >= 11 is 7.20. The van der Waals surface area contributed by atoms with E-state index in [4.69, 9.17) is 11.6 Å². The standard InChI is InChI=1S/C18H27ClN4O2S/c1-2-5-16(24)22-10-8-14(9-11-22)23(13-6-3-4-7-13)18(25)21-17-20-12-15(19)26-17/h12-14H,2-11H2,1H3,(H,20,21,25). The van der Waals surface area contributed by atoms with E-state index in [-0.39, 0.29) is 24.0 Å². The van der Waals surface area contributed by atoms with E-state index in [1.807, 2.05) is 16.7 Å². The number of amides is 3. The fourth-order valence-electron chi connectivity index (χ4n) is 4.05. The molecule has 1 aromatic heterocycles. The van der Waals surface area contributed by atoms with E-state index in [1.54, 1.807) is 6.20 Å². The van der Waals surface area contributed by atoms with Gasteiger partial charge in [0.1, 0.15) is 4.34 Å². The predicted octanol–water partition coefficient (Wildman–Crippen LogP) is 4.36. The highest BCUT2D eigenvalue weighted by atomic mass is 35.5. The fourth-order valence-corrected chi connectivity index (χ4v) is 4.85. The van der Waals surface area contributed by atoms with E-state index in [2.05, 4.69) is 10.3 Å². The van der Waals surface area contributed by atoms with Gasteiger partial charge in [-0.25, -0.2) is 9.78 Å². The van der Waals surface area contributed by atoms with E-state index in [0.29, 0.717) is 15.9 Å². The van der Waals surface area contributed by atoms with Gasteiger partial charge in [0.2, 0.25) is 5.91 Å². The summed E-state index contributed by atoms with van der Waals surface area (Å²) in [5.74, 6) is 0.236. The second-order valence-corrected chi connectivity index (χ2v) is 8.77. The third-order valence-corrected chi connectivity index (χ3v) is 6.35. The molecule has 6 nitrogen and oxygen atoms in total. The maximum atomic E-state index is 13.0. The van der Waals surface area contributed by atoms with Crippen molar-refractivity contribution in [3.63, 3.8) is 0 Å². The summed E-state index contributed by atoms with van der Waals surface area (Å²) in [6.45, 7) is 3.51. The van der Waals surface area contributed by atoms with Gasteiger partial charge < -0.3 is 9.80 Å². The molecular weight excluding hydrogens is 372 g/mol. The number of anilines is 1. The Morgan fingerprint density at radius 3 is 2.50 bits per heavy atom. The Hall–Kier alpha value is -1.34. The van der Waals surface area contributed by atoms with Gasteiger partial charge in [0, 0.05) is 31.6 Å². The second kappa shape index (κ2) is 9.04. The number of nitrogens with zero attached hydrogens (tertiary/aromatic N) is 3. The van der Waals surface area contributed by atoms with Crippen LogP contribution in [0.1, 0.15) is 58.3 Å². The van der Waals surface area contributed by atoms with Gasteiger partial charge in [-0.1, -0.05) is 42.7 Å². The monoisotopic (exact) mass is 398 g/mol. The normalized spacial score (nSPS) is 18.9. The Balaban J connectivity index is 1.65. The Bertz CT molecular complexity index is 624. The highest BCUT2D eigenvalue weighted by Gasteiger charge is 2.35. The lowest BCUT2D eigenvalue weighted by atomic mass is 10.0. The molecule has 1 aliphatic heterocycles. The number of urea groups is 1. The molecule has 1 saturated heterocycles. The van der Waals surface area contributed by atoms with E-state index < -0.39 is 0 Å². The van der Waals surface area contributed by atoms with Crippen LogP contribution in [0.3, 0.4) is 0 Å². The van der Waals surface area contributed by atoms with Crippen LogP contribution in [0.25, 0.3) is 0 Å². The van der Waals surface area contributed by atoms with Crippen molar-refractivity contribution in [1.29, 1.82) is 0 Å². The van der Waals surface area contributed by atoms with Gasteiger partial charge in [-0.15, -0.1) is 0 Å². The van der Waals surface area contributed by atoms with Crippen LogP contribution in [0.2, 0.25) is 4.34 Å². The first-order valence-electron chi connectivity index (χ1n) is 9.57. The summed E-state index contributed by atoms with van der Waals surface area (Å²) in [4.78, 5) is 33.2. The predicted molar refractivity (Wildman–Crippen MR) is 105 cm³/mol. The van der Waals surface area contributed by atoms with Crippen molar-refractivity contribution in [2.75, 3.05) is 18.4 Å². The fraction of sp³-hybridized carbons (Fsp3) is 0.722. The number of carbonyl (C=O) groups is 2. The van der Waals surface area contributed by atoms with Crippen molar-refractivity contribution >= 4 is 40.0 Å². The third-order valence-electron chi connectivity index (χ3n) is 5.32. The molecule has 1 aromatic rings. The summed E-state index contributed by atoms with van der Waals surface area (Å²) in [5.41, 5.74) is 0. The van der Waals surface area contributed by atoms with Crippen molar-refractivity contribution in [1.82, 2.24) is 14.8 Å². The van der Waals surface area contributed by atoms with Crippen molar-refractivity contribution in [3.8, 4) is 0 Å². The number of piperidine rings is 1. The van der Waals surface area contributed by atoms with Crippen LogP contribution in [-0.2, 0) is 4.79 Å². The van der Waals surface area contributed by atoms with E-state index in [0.717, 1.165) is 45.2 Å². The number of nitrogens with one attached hydrogen (secondary N) is 1. The largest absolute Gasteiger partial charge is 0.343 e. The lowest BCUT2D eigenvalue weighted by Gasteiger charge is -2.41. The summed E-state index contributed by atoms with van der Waals surface area (Å²) in [7, 11) is 0. The molecule has 8 heteroatoms. The molecule has 3 rings (SSSR count). The first-order valence-corrected chi connectivity index (χ1v) is 10.8. The number of rotatable bonds is 5. The smallest absolute Gasteiger partial charge is 0.324 e. The molecule has 1 saturated carbocycles. The van der Waals surface area contributed by atoms with Gasteiger partial charge in [-0.2, -0.15) is 0 Å². The highest BCUT2D eigenvalue weighted by molar-refractivity contribution is 7.19. The zero-order valence-electron chi connectivity index (χ0n) is 15.2. The minimum atomic E-state index is -0.0822. The second-order valence-electron chi connectivity index (χ2n) is 7.11.